The molecule has 1 aromatic carbocycles. The minimum absolute atomic E-state index is 0.115. The van der Waals surface area contributed by atoms with Crippen molar-refractivity contribution in [3.8, 4) is 0 Å². The number of aromatic nitrogens is 3. The molecule has 2 aromatic rings. The molecule has 90 valence electrons. The van der Waals surface area contributed by atoms with Gasteiger partial charge in [0.1, 0.15) is 6.61 Å². The molecule has 4 nitrogen and oxygen atoms in total. The van der Waals surface area contributed by atoms with E-state index in [1.165, 1.54) is 5.56 Å². The third-order valence-electron chi connectivity index (χ3n) is 2.80. The fraction of sp³-hybridized carbons (Fsp3) is 0.333. The fourth-order valence-corrected chi connectivity index (χ4v) is 2.29. The molecule has 0 fully saturated rings. The Bertz CT molecular complexity index is 532. The van der Waals surface area contributed by atoms with E-state index in [-0.39, 0.29) is 12.6 Å². The summed E-state index contributed by atoms with van der Waals surface area (Å²) in [5, 5.41) is 16.0. The molecule has 0 bridgehead atoms. The second-order valence-electron chi connectivity index (χ2n) is 3.81. The van der Waals surface area contributed by atoms with Crippen LogP contribution in [0.2, 0.25) is 0 Å². The maximum Gasteiger partial charge on any atom is 0.195 e. The highest BCUT2D eigenvalue weighted by atomic mass is 32.1. The van der Waals surface area contributed by atoms with Crippen molar-refractivity contribution in [1.82, 2.24) is 14.8 Å². The Balaban J connectivity index is 2.49. The lowest BCUT2D eigenvalue weighted by molar-refractivity contribution is 0.261. The van der Waals surface area contributed by atoms with Crippen LogP contribution in [0.3, 0.4) is 0 Å². The van der Waals surface area contributed by atoms with Crippen LogP contribution < -0.4 is 0 Å². The first kappa shape index (κ1) is 12.0. The molecule has 1 atom stereocenters. The summed E-state index contributed by atoms with van der Waals surface area (Å²) in [6, 6.07) is 10.2. The fourth-order valence-electron chi connectivity index (χ4n) is 2.01. The van der Waals surface area contributed by atoms with E-state index in [1.807, 2.05) is 22.8 Å². The molecule has 1 heterocycles. The molecule has 2 rings (SSSR count). The average Bonchev–Trinajstić information content (AvgIpc) is 2.74. The minimum atomic E-state index is -0.115. The molecular formula is C12H15N3OS. The van der Waals surface area contributed by atoms with Crippen molar-refractivity contribution in [2.24, 2.45) is 0 Å². The summed E-state index contributed by atoms with van der Waals surface area (Å²) in [7, 11) is 0. The van der Waals surface area contributed by atoms with Gasteiger partial charge in [-0.25, -0.2) is 0 Å². The summed E-state index contributed by atoms with van der Waals surface area (Å²) in [5.41, 5.74) is 1.17. The van der Waals surface area contributed by atoms with Gasteiger partial charge in [-0.05, 0) is 24.2 Å². The Morgan fingerprint density at radius 2 is 2.12 bits per heavy atom. The van der Waals surface area contributed by atoms with Crippen molar-refractivity contribution in [1.29, 1.82) is 0 Å². The SMILES string of the molecule is CCC(c1ccccc1)n1c(CO)n[nH]c1=S. The molecule has 5 heteroatoms. The van der Waals surface area contributed by atoms with E-state index < -0.39 is 0 Å². The molecule has 0 radical (unpaired) electrons. The largest absolute Gasteiger partial charge is 0.388 e. The molecule has 0 saturated carbocycles. The van der Waals surface area contributed by atoms with Crippen molar-refractivity contribution in [2.75, 3.05) is 0 Å². The quantitative estimate of drug-likeness (QED) is 0.818. The standard InChI is InChI=1S/C12H15N3OS/c1-2-10(9-6-4-3-5-7-9)15-11(8-16)13-14-12(15)17/h3-7,10,16H,2,8H2,1H3,(H,14,17). The maximum absolute atomic E-state index is 9.27. The molecule has 2 N–H and O–H groups in total. The van der Waals surface area contributed by atoms with Crippen molar-refractivity contribution in [3.05, 3.63) is 46.5 Å². The molecule has 1 unspecified atom stereocenters. The van der Waals surface area contributed by atoms with E-state index in [1.54, 1.807) is 0 Å². The van der Waals surface area contributed by atoms with Gasteiger partial charge in [-0.2, -0.15) is 5.10 Å². The lowest BCUT2D eigenvalue weighted by Gasteiger charge is -2.18. The number of hydrogen-bond donors (Lipinski definition) is 2. The van der Waals surface area contributed by atoms with Gasteiger partial charge < -0.3 is 5.11 Å². The molecular weight excluding hydrogens is 234 g/mol. The van der Waals surface area contributed by atoms with Crippen LogP contribution in [0.4, 0.5) is 0 Å². The van der Waals surface area contributed by atoms with Crippen LogP contribution in [-0.4, -0.2) is 19.9 Å². The second kappa shape index (κ2) is 5.25. The van der Waals surface area contributed by atoms with E-state index in [4.69, 9.17) is 12.2 Å². The van der Waals surface area contributed by atoms with Gasteiger partial charge in [0.2, 0.25) is 0 Å². The van der Waals surface area contributed by atoms with Gasteiger partial charge >= 0.3 is 0 Å². The summed E-state index contributed by atoms with van der Waals surface area (Å²) in [4.78, 5) is 0. The second-order valence-corrected chi connectivity index (χ2v) is 4.19. The predicted molar refractivity (Wildman–Crippen MR) is 68.2 cm³/mol. The smallest absolute Gasteiger partial charge is 0.195 e. The van der Waals surface area contributed by atoms with Crippen LogP contribution in [0.15, 0.2) is 30.3 Å². The number of nitrogens with one attached hydrogen (secondary N) is 1. The first-order valence-corrected chi connectivity index (χ1v) is 6.00. The van der Waals surface area contributed by atoms with Crippen LogP contribution in [0, 0.1) is 4.77 Å². The molecule has 0 saturated heterocycles. The van der Waals surface area contributed by atoms with Crippen LogP contribution in [0.5, 0.6) is 0 Å². The van der Waals surface area contributed by atoms with Crippen LogP contribution in [-0.2, 0) is 6.61 Å². The number of hydrogen-bond acceptors (Lipinski definition) is 3. The topological polar surface area (TPSA) is 53.8 Å². The monoisotopic (exact) mass is 249 g/mol. The third kappa shape index (κ3) is 2.30. The first-order valence-electron chi connectivity index (χ1n) is 5.59. The molecule has 0 aliphatic carbocycles. The van der Waals surface area contributed by atoms with Crippen LogP contribution >= 0.6 is 12.2 Å². The number of rotatable bonds is 4. The van der Waals surface area contributed by atoms with Gasteiger partial charge in [0.15, 0.2) is 10.6 Å². The van der Waals surface area contributed by atoms with Crippen molar-refractivity contribution in [3.63, 3.8) is 0 Å². The van der Waals surface area contributed by atoms with Crippen molar-refractivity contribution < 1.29 is 5.11 Å². The predicted octanol–water partition coefficient (Wildman–Crippen LogP) is 2.43. The Hall–Kier alpha value is -1.46. The van der Waals surface area contributed by atoms with Crippen molar-refractivity contribution in [2.45, 2.75) is 26.0 Å². The number of nitrogens with zero attached hydrogens (tertiary/aromatic N) is 2. The molecule has 0 amide bonds. The highest BCUT2D eigenvalue weighted by molar-refractivity contribution is 7.71. The van der Waals surface area contributed by atoms with Gasteiger partial charge in [-0.1, -0.05) is 37.3 Å². The lowest BCUT2D eigenvalue weighted by Crippen LogP contribution is -2.13. The number of aliphatic hydroxyl groups is 1. The molecule has 17 heavy (non-hydrogen) atoms. The van der Waals surface area contributed by atoms with E-state index in [2.05, 4.69) is 29.3 Å². The Morgan fingerprint density at radius 1 is 1.41 bits per heavy atom. The Labute approximate surface area is 105 Å². The first-order chi connectivity index (χ1) is 8.27. The Morgan fingerprint density at radius 3 is 2.71 bits per heavy atom. The van der Waals surface area contributed by atoms with E-state index >= 15 is 0 Å². The van der Waals surface area contributed by atoms with Gasteiger partial charge in [0, 0.05) is 0 Å². The normalized spacial score (nSPS) is 12.6. The third-order valence-corrected chi connectivity index (χ3v) is 3.09. The van der Waals surface area contributed by atoms with Gasteiger partial charge in [-0.3, -0.25) is 9.67 Å². The summed E-state index contributed by atoms with van der Waals surface area (Å²) >= 11 is 5.22. The number of aliphatic hydroxyl groups excluding tert-OH is 1. The summed E-state index contributed by atoms with van der Waals surface area (Å²) < 4.78 is 2.43. The van der Waals surface area contributed by atoms with Gasteiger partial charge in [-0.15, -0.1) is 0 Å². The van der Waals surface area contributed by atoms with E-state index in [9.17, 15) is 5.11 Å². The zero-order valence-electron chi connectivity index (χ0n) is 9.63. The van der Waals surface area contributed by atoms with Crippen molar-refractivity contribution >= 4 is 12.2 Å². The summed E-state index contributed by atoms with van der Waals surface area (Å²) in [6.45, 7) is 1.98. The molecule has 1 aromatic heterocycles. The molecule has 0 aliphatic rings. The number of H-pyrrole nitrogens is 1. The van der Waals surface area contributed by atoms with Crippen LogP contribution in [0.25, 0.3) is 0 Å². The number of benzene rings is 1. The number of aromatic amines is 1. The summed E-state index contributed by atoms with van der Waals surface area (Å²) in [6.07, 6.45) is 0.894. The molecule has 0 spiro atoms. The highest BCUT2D eigenvalue weighted by Crippen LogP contribution is 2.23. The van der Waals surface area contributed by atoms with Gasteiger partial charge in [0.25, 0.3) is 0 Å². The van der Waals surface area contributed by atoms with E-state index in [0.717, 1.165) is 6.42 Å². The Kier molecular flexibility index (Phi) is 3.71. The summed E-state index contributed by atoms with van der Waals surface area (Å²) in [5.74, 6) is 0.575. The zero-order chi connectivity index (χ0) is 12.3. The minimum Gasteiger partial charge on any atom is -0.388 e. The average molecular weight is 249 g/mol. The van der Waals surface area contributed by atoms with Gasteiger partial charge in [0.05, 0.1) is 6.04 Å². The lowest BCUT2D eigenvalue weighted by atomic mass is 10.0. The van der Waals surface area contributed by atoms with E-state index in [0.29, 0.717) is 10.6 Å². The maximum atomic E-state index is 9.27. The molecule has 0 aliphatic heterocycles. The highest BCUT2D eigenvalue weighted by Gasteiger charge is 2.16. The van der Waals surface area contributed by atoms with Crippen LogP contribution in [0.1, 0.15) is 30.8 Å². The zero-order valence-corrected chi connectivity index (χ0v) is 10.4.